The average molecular weight is 238 g/mol. The Morgan fingerprint density at radius 1 is 0.846 bits per heavy atom. The van der Waals surface area contributed by atoms with Gasteiger partial charge in [-0.15, -0.1) is 0 Å². The van der Waals surface area contributed by atoms with Crippen LogP contribution >= 0.6 is 0 Å². The first kappa shape index (κ1) is 12.6. The molecule has 0 spiro atoms. The molecule has 0 saturated heterocycles. The van der Waals surface area contributed by atoms with E-state index in [1.165, 1.54) is 0 Å². The number of rotatable bonds is 2. The number of aliphatic carboxylic acids is 2. The normalized spacial score (nSPS) is 19.1. The van der Waals surface area contributed by atoms with Crippen LogP contribution in [0.3, 0.4) is 0 Å². The maximum atomic E-state index is 9.76. The maximum absolute atomic E-state index is 9.76. The summed E-state index contributed by atoms with van der Waals surface area (Å²) in [5.41, 5.74) is 0. The molecule has 4 nitrogen and oxygen atoms in total. The van der Waals surface area contributed by atoms with E-state index in [0.29, 0.717) is 0 Å². The van der Waals surface area contributed by atoms with Crippen LogP contribution in [0.4, 0.5) is 0 Å². The quantitative estimate of drug-likeness (QED) is 0.702. The van der Waals surface area contributed by atoms with Crippen LogP contribution in [0, 0.1) is 11.8 Å². The molecule has 0 atom stereocenters. The molecule has 0 aliphatic heterocycles. The predicted octanol–water partition coefficient (Wildman–Crippen LogP) is 0.959. The van der Waals surface area contributed by atoms with Crippen LogP contribution in [-0.4, -0.2) is 22.2 Å². The number of hydrogen-bond acceptors (Lipinski definition) is 2. The first-order valence-electron chi connectivity index (χ1n) is 4.07. The SMILES string of the molecule is O=C(O)C1CC1.O=C(O)C1CC1.[Zn]. The van der Waals surface area contributed by atoms with E-state index in [-0.39, 0.29) is 31.3 Å². The minimum atomic E-state index is -0.630. The van der Waals surface area contributed by atoms with Crippen molar-refractivity contribution in [3.63, 3.8) is 0 Å². The van der Waals surface area contributed by atoms with Gasteiger partial charge in [0.1, 0.15) is 0 Å². The number of carboxylic acid groups (broad SMARTS) is 2. The Morgan fingerprint density at radius 3 is 1.08 bits per heavy atom. The summed E-state index contributed by atoms with van der Waals surface area (Å²) in [6, 6.07) is 0. The van der Waals surface area contributed by atoms with Crippen LogP contribution in [0.25, 0.3) is 0 Å². The average Bonchev–Trinajstić information content (AvgIpc) is 2.85. The second-order valence-corrected chi connectivity index (χ2v) is 3.23. The summed E-state index contributed by atoms with van der Waals surface area (Å²) in [6.07, 6.45) is 3.59. The van der Waals surface area contributed by atoms with Gasteiger partial charge in [-0.1, -0.05) is 0 Å². The van der Waals surface area contributed by atoms with Gasteiger partial charge in [-0.25, -0.2) is 0 Å². The zero-order chi connectivity index (χ0) is 9.14. The van der Waals surface area contributed by atoms with Crippen LogP contribution in [0.15, 0.2) is 0 Å². The van der Waals surface area contributed by atoms with Gasteiger partial charge in [-0.3, -0.25) is 9.59 Å². The van der Waals surface area contributed by atoms with Gasteiger partial charge >= 0.3 is 11.9 Å². The maximum Gasteiger partial charge on any atom is 0.306 e. The summed E-state index contributed by atoms with van der Waals surface area (Å²) < 4.78 is 0. The van der Waals surface area contributed by atoms with Gasteiger partial charge in [0.2, 0.25) is 0 Å². The van der Waals surface area contributed by atoms with Gasteiger partial charge in [-0.2, -0.15) is 0 Å². The van der Waals surface area contributed by atoms with E-state index in [9.17, 15) is 9.59 Å². The smallest absolute Gasteiger partial charge is 0.306 e. The van der Waals surface area contributed by atoms with Gasteiger partial charge in [0.05, 0.1) is 11.8 Å². The molecule has 0 amide bonds. The Kier molecular flexibility index (Phi) is 5.15. The molecule has 2 saturated carbocycles. The summed E-state index contributed by atoms with van der Waals surface area (Å²) >= 11 is 0. The minimum absolute atomic E-state index is 0. The van der Waals surface area contributed by atoms with Gasteiger partial charge in [0.25, 0.3) is 0 Å². The molecule has 70 valence electrons. The van der Waals surface area contributed by atoms with E-state index in [4.69, 9.17) is 10.2 Å². The van der Waals surface area contributed by atoms with Gasteiger partial charge in [0.15, 0.2) is 0 Å². The fourth-order valence-corrected chi connectivity index (χ4v) is 0.661. The van der Waals surface area contributed by atoms with E-state index >= 15 is 0 Å². The van der Waals surface area contributed by atoms with Crippen molar-refractivity contribution in [3.8, 4) is 0 Å². The topological polar surface area (TPSA) is 74.6 Å². The zero-order valence-corrected chi connectivity index (χ0v) is 10.4. The van der Waals surface area contributed by atoms with Crippen molar-refractivity contribution in [3.05, 3.63) is 0 Å². The van der Waals surface area contributed by atoms with Crippen LogP contribution in [0.2, 0.25) is 0 Å². The second-order valence-electron chi connectivity index (χ2n) is 3.23. The molecule has 2 aliphatic rings. The van der Waals surface area contributed by atoms with E-state index in [2.05, 4.69) is 0 Å². The first-order chi connectivity index (χ1) is 5.61. The Bertz CT molecular complexity index is 174. The molecule has 0 aromatic carbocycles. The molecule has 0 unspecified atom stereocenters. The Labute approximate surface area is 89.1 Å². The van der Waals surface area contributed by atoms with E-state index in [1.54, 1.807) is 0 Å². The Hall–Kier alpha value is -0.437. The first-order valence-corrected chi connectivity index (χ1v) is 4.07. The van der Waals surface area contributed by atoms with Crippen LogP contribution < -0.4 is 0 Å². The molecule has 2 N–H and O–H groups in total. The fraction of sp³-hybridized carbons (Fsp3) is 0.750. The van der Waals surface area contributed by atoms with E-state index in [1.807, 2.05) is 0 Å². The van der Waals surface area contributed by atoms with E-state index in [0.717, 1.165) is 25.7 Å². The van der Waals surface area contributed by atoms with Crippen molar-refractivity contribution < 1.29 is 39.3 Å². The molecular formula is C8H12O4Zn. The van der Waals surface area contributed by atoms with Crippen molar-refractivity contribution in [2.75, 3.05) is 0 Å². The Balaban J connectivity index is 0.000000206. The molecular weight excluding hydrogens is 225 g/mol. The zero-order valence-electron chi connectivity index (χ0n) is 7.40. The number of hydrogen-bond donors (Lipinski definition) is 2. The third kappa shape index (κ3) is 5.75. The third-order valence-corrected chi connectivity index (χ3v) is 1.85. The summed E-state index contributed by atoms with van der Waals surface area (Å²) in [5.74, 6) is -1.22. The fourth-order valence-electron chi connectivity index (χ4n) is 0.661. The molecule has 0 bridgehead atoms. The largest absolute Gasteiger partial charge is 0.481 e. The summed E-state index contributed by atoms with van der Waals surface area (Å²) in [4.78, 5) is 19.5. The molecule has 0 heterocycles. The predicted molar refractivity (Wildman–Crippen MR) is 40.7 cm³/mol. The van der Waals surface area contributed by atoms with Crippen LogP contribution in [0.1, 0.15) is 25.7 Å². The monoisotopic (exact) mass is 236 g/mol. The molecule has 2 fully saturated rings. The number of carbonyl (C=O) groups is 2. The van der Waals surface area contributed by atoms with E-state index < -0.39 is 11.9 Å². The molecule has 0 radical (unpaired) electrons. The van der Waals surface area contributed by atoms with Crippen molar-refractivity contribution >= 4 is 11.9 Å². The number of carboxylic acids is 2. The van der Waals surface area contributed by atoms with Crippen molar-refractivity contribution in [2.45, 2.75) is 25.7 Å². The van der Waals surface area contributed by atoms with Crippen molar-refractivity contribution in [2.24, 2.45) is 11.8 Å². The van der Waals surface area contributed by atoms with Crippen LogP contribution in [0.5, 0.6) is 0 Å². The molecule has 13 heavy (non-hydrogen) atoms. The van der Waals surface area contributed by atoms with Gasteiger partial charge < -0.3 is 10.2 Å². The third-order valence-electron chi connectivity index (χ3n) is 1.85. The molecule has 2 rings (SSSR count). The summed E-state index contributed by atoms with van der Waals surface area (Å²) in [6.45, 7) is 0. The van der Waals surface area contributed by atoms with Crippen molar-refractivity contribution in [1.82, 2.24) is 0 Å². The summed E-state index contributed by atoms with van der Waals surface area (Å²) in [7, 11) is 0. The molecule has 5 heteroatoms. The molecule has 2 aliphatic carbocycles. The van der Waals surface area contributed by atoms with Crippen LogP contribution in [-0.2, 0) is 29.1 Å². The molecule has 0 aromatic heterocycles. The van der Waals surface area contributed by atoms with Gasteiger partial charge in [-0.05, 0) is 25.7 Å². The summed E-state index contributed by atoms with van der Waals surface area (Å²) in [5, 5.41) is 16.1. The van der Waals surface area contributed by atoms with Crippen molar-refractivity contribution in [1.29, 1.82) is 0 Å². The Morgan fingerprint density at radius 2 is 1.08 bits per heavy atom. The van der Waals surface area contributed by atoms with Gasteiger partial charge in [0, 0.05) is 19.5 Å². The second kappa shape index (κ2) is 5.33. The standard InChI is InChI=1S/2C4H6O2.Zn/c2*5-4(6)3-1-2-3;/h2*3H,1-2H2,(H,5,6);. The molecule has 0 aromatic rings. The minimum Gasteiger partial charge on any atom is -0.481 e.